The Morgan fingerprint density at radius 3 is 2.50 bits per heavy atom. The fraction of sp³-hybridized carbons (Fsp3) is 0.250. The van der Waals surface area contributed by atoms with Crippen LogP contribution in [0.3, 0.4) is 0 Å². The van der Waals surface area contributed by atoms with Crippen molar-refractivity contribution in [3.05, 3.63) is 82.0 Å². The van der Waals surface area contributed by atoms with E-state index in [0.29, 0.717) is 41.7 Å². The van der Waals surface area contributed by atoms with Gasteiger partial charge in [0.1, 0.15) is 18.6 Å². The van der Waals surface area contributed by atoms with Crippen LogP contribution in [0, 0.1) is 10.1 Å². The maximum atomic E-state index is 13.0. The Morgan fingerprint density at radius 1 is 1.12 bits per heavy atom. The molecular formula is C24H24N4O4. The Labute approximate surface area is 186 Å². The summed E-state index contributed by atoms with van der Waals surface area (Å²) >= 11 is 0. The topological polar surface area (TPSA) is 97.6 Å². The van der Waals surface area contributed by atoms with E-state index in [1.807, 2.05) is 35.2 Å². The molecule has 0 aliphatic carbocycles. The molecule has 8 nitrogen and oxygen atoms in total. The molecule has 32 heavy (non-hydrogen) atoms. The van der Waals surface area contributed by atoms with Gasteiger partial charge in [-0.1, -0.05) is 39.0 Å². The Hall–Kier alpha value is -3.94. The van der Waals surface area contributed by atoms with Gasteiger partial charge < -0.3 is 15.0 Å². The molecule has 0 unspecified atom stereocenters. The van der Waals surface area contributed by atoms with E-state index in [4.69, 9.17) is 4.74 Å². The number of para-hydroxylation sites is 1. The first-order valence-corrected chi connectivity index (χ1v) is 10.3. The van der Waals surface area contributed by atoms with E-state index in [9.17, 15) is 14.9 Å². The van der Waals surface area contributed by atoms with Crippen LogP contribution >= 0.6 is 0 Å². The van der Waals surface area contributed by atoms with Crippen LogP contribution in [-0.2, 0) is 5.41 Å². The number of hydrogen-bond acceptors (Lipinski definition) is 6. The standard InChI is InChI=1S/C24H24N4O4/c1-24(2,3)16-7-9-17(10-8-16)26-23(29)19-5-4-6-20-22(19)32-14-13-27(20)21-12-11-18(15-25-21)28(30)31/h4-12,15H,13-14H2,1-3H3,(H,26,29). The lowest BCUT2D eigenvalue weighted by Crippen LogP contribution is -2.30. The number of pyridine rings is 1. The summed E-state index contributed by atoms with van der Waals surface area (Å²) in [4.78, 5) is 29.6. The molecule has 0 radical (unpaired) electrons. The van der Waals surface area contributed by atoms with Gasteiger partial charge in [0, 0.05) is 11.8 Å². The Bertz CT molecular complexity index is 1150. The lowest BCUT2D eigenvalue weighted by atomic mass is 9.87. The van der Waals surface area contributed by atoms with Crippen molar-refractivity contribution >= 4 is 28.8 Å². The fourth-order valence-corrected chi connectivity index (χ4v) is 3.56. The normalized spacial score (nSPS) is 13.2. The van der Waals surface area contributed by atoms with Crippen molar-refractivity contribution < 1.29 is 14.5 Å². The number of rotatable bonds is 4. The van der Waals surface area contributed by atoms with E-state index in [2.05, 4.69) is 31.1 Å². The van der Waals surface area contributed by atoms with Crippen molar-refractivity contribution in [3.8, 4) is 5.75 Å². The molecule has 1 aliphatic heterocycles. The number of nitro groups is 1. The summed E-state index contributed by atoms with van der Waals surface area (Å²) in [5, 5.41) is 13.8. The van der Waals surface area contributed by atoms with Gasteiger partial charge in [-0.05, 0) is 41.3 Å². The van der Waals surface area contributed by atoms with Crippen LogP contribution in [0.2, 0.25) is 0 Å². The third-order valence-electron chi connectivity index (χ3n) is 5.32. The maximum absolute atomic E-state index is 13.0. The molecule has 164 valence electrons. The smallest absolute Gasteiger partial charge is 0.287 e. The first kappa shape index (κ1) is 21.3. The van der Waals surface area contributed by atoms with Crippen molar-refractivity contribution in [2.45, 2.75) is 26.2 Å². The summed E-state index contributed by atoms with van der Waals surface area (Å²) in [6, 6.07) is 16.1. The predicted octanol–water partition coefficient (Wildman–Crippen LogP) is 5.07. The van der Waals surface area contributed by atoms with Crippen LogP contribution in [0.4, 0.5) is 22.9 Å². The molecule has 1 amide bonds. The molecule has 4 rings (SSSR count). The van der Waals surface area contributed by atoms with Gasteiger partial charge in [-0.3, -0.25) is 14.9 Å². The molecule has 8 heteroatoms. The SMILES string of the molecule is CC(C)(C)c1ccc(NC(=O)c2cccc3c2OCCN3c2ccc([N+](=O)[O-])cn2)cc1. The highest BCUT2D eigenvalue weighted by molar-refractivity contribution is 6.07. The summed E-state index contributed by atoms with van der Waals surface area (Å²) < 4.78 is 5.85. The molecule has 2 heterocycles. The number of carbonyl (C=O) groups is 1. The lowest BCUT2D eigenvalue weighted by Gasteiger charge is -2.31. The van der Waals surface area contributed by atoms with Crippen molar-refractivity contribution in [3.63, 3.8) is 0 Å². The summed E-state index contributed by atoms with van der Waals surface area (Å²) in [7, 11) is 0. The van der Waals surface area contributed by atoms with Gasteiger partial charge in [0.15, 0.2) is 5.75 Å². The highest BCUT2D eigenvalue weighted by Crippen LogP contribution is 2.39. The maximum Gasteiger partial charge on any atom is 0.287 e. The third-order valence-corrected chi connectivity index (χ3v) is 5.32. The summed E-state index contributed by atoms with van der Waals surface area (Å²) in [6.45, 7) is 7.28. The van der Waals surface area contributed by atoms with E-state index < -0.39 is 4.92 Å². The van der Waals surface area contributed by atoms with Crippen molar-refractivity contribution in [1.29, 1.82) is 0 Å². The van der Waals surface area contributed by atoms with Crippen molar-refractivity contribution in [2.24, 2.45) is 0 Å². The number of carbonyl (C=O) groups excluding carboxylic acids is 1. The first-order chi connectivity index (χ1) is 15.2. The van der Waals surface area contributed by atoms with Gasteiger partial charge in [-0.15, -0.1) is 0 Å². The molecule has 0 fully saturated rings. The number of fused-ring (bicyclic) bond motifs is 1. The molecule has 0 saturated carbocycles. The predicted molar refractivity (Wildman–Crippen MR) is 123 cm³/mol. The largest absolute Gasteiger partial charge is 0.489 e. The zero-order valence-corrected chi connectivity index (χ0v) is 18.2. The van der Waals surface area contributed by atoms with Crippen molar-refractivity contribution in [2.75, 3.05) is 23.4 Å². The average molecular weight is 432 g/mol. The van der Waals surface area contributed by atoms with E-state index in [-0.39, 0.29) is 17.0 Å². The molecule has 0 spiro atoms. The quantitative estimate of drug-likeness (QED) is 0.457. The number of ether oxygens (including phenoxy) is 1. The second-order valence-corrected chi connectivity index (χ2v) is 8.57. The van der Waals surface area contributed by atoms with E-state index in [1.165, 1.54) is 17.8 Å². The highest BCUT2D eigenvalue weighted by Gasteiger charge is 2.26. The van der Waals surface area contributed by atoms with E-state index >= 15 is 0 Å². The van der Waals surface area contributed by atoms with Gasteiger partial charge in [-0.2, -0.15) is 0 Å². The number of nitrogens with one attached hydrogen (secondary N) is 1. The van der Waals surface area contributed by atoms with Crippen LogP contribution in [0.5, 0.6) is 5.75 Å². The molecule has 2 aromatic carbocycles. The van der Waals surface area contributed by atoms with Crippen LogP contribution in [0.15, 0.2) is 60.8 Å². The molecule has 0 atom stereocenters. The molecular weight excluding hydrogens is 408 g/mol. The van der Waals surface area contributed by atoms with Gasteiger partial charge in [0.05, 0.1) is 22.7 Å². The molecule has 1 aromatic heterocycles. The number of benzene rings is 2. The molecule has 3 aromatic rings. The molecule has 0 saturated heterocycles. The monoisotopic (exact) mass is 432 g/mol. The number of nitrogens with zero attached hydrogens (tertiary/aromatic N) is 3. The minimum absolute atomic E-state index is 0.0320. The molecule has 1 N–H and O–H groups in total. The second-order valence-electron chi connectivity index (χ2n) is 8.57. The number of aromatic nitrogens is 1. The number of amides is 1. The lowest BCUT2D eigenvalue weighted by molar-refractivity contribution is -0.385. The highest BCUT2D eigenvalue weighted by atomic mass is 16.6. The third kappa shape index (κ3) is 4.25. The van der Waals surface area contributed by atoms with Gasteiger partial charge in [-0.25, -0.2) is 4.98 Å². The van der Waals surface area contributed by atoms with E-state index in [1.54, 1.807) is 18.2 Å². The van der Waals surface area contributed by atoms with Gasteiger partial charge in [0.2, 0.25) is 0 Å². The van der Waals surface area contributed by atoms with Crippen LogP contribution in [0.25, 0.3) is 0 Å². The summed E-state index contributed by atoms with van der Waals surface area (Å²) in [6.07, 6.45) is 1.22. The summed E-state index contributed by atoms with van der Waals surface area (Å²) in [5.41, 5.74) is 2.94. The number of anilines is 3. The van der Waals surface area contributed by atoms with Crippen LogP contribution < -0.4 is 15.0 Å². The van der Waals surface area contributed by atoms with Crippen molar-refractivity contribution in [1.82, 2.24) is 4.98 Å². The minimum atomic E-state index is -0.486. The average Bonchev–Trinajstić information content (AvgIpc) is 2.78. The first-order valence-electron chi connectivity index (χ1n) is 10.3. The molecule has 1 aliphatic rings. The number of hydrogen-bond donors (Lipinski definition) is 1. The van der Waals surface area contributed by atoms with Gasteiger partial charge in [0.25, 0.3) is 11.6 Å². The second kappa shape index (κ2) is 8.30. The van der Waals surface area contributed by atoms with Crippen LogP contribution in [-0.4, -0.2) is 29.0 Å². The van der Waals surface area contributed by atoms with Crippen LogP contribution in [0.1, 0.15) is 36.7 Å². The Kier molecular flexibility index (Phi) is 5.52. The zero-order chi connectivity index (χ0) is 22.9. The summed E-state index contributed by atoms with van der Waals surface area (Å²) in [5.74, 6) is 0.738. The Morgan fingerprint density at radius 2 is 1.88 bits per heavy atom. The molecule has 0 bridgehead atoms. The van der Waals surface area contributed by atoms with Gasteiger partial charge >= 0.3 is 0 Å². The Balaban J connectivity index is 1.59. The minimum Gasteiger partial charge on any atom is -0.489 e. The fourth-order valence-electron chi connectivity index (χ4n) is 3.56. The zero-order valence-electron chi connectivity index (χ0n) is 18.2. The van der Waals surface area contributed by atoms with E-state index in [0.717, 1.165) is 0 Å².